The lowest BCUT2D eigenvalue weighted by Gasteiger charge is -2.20. The first-order valence-corrected chi connectivity index (χ1v) is 59.4. The molecule has 0 aliphatic rings. The first-order valence-electron chi connectivity index (χ1n) is 59.4. The second-order valence-electron chi connectivity index (χ2n) is 47.8. The van der Waals surface area contributed by atoms with E-state index >= 15 is 0 Å². The number of hydrogen-bond acceptors (Lipinski definition) is 0. The van der Waals surface area contributed by atoms with Crippen LogP contribution in [0, 0.1) is 119 Å². The first kappa shape index (κ1) is 110. The predicted molar refractivity (Wildman–Crippen MR) is 672 cm³/mol. The Balaban J connectivity index is 0.000000131. The van der Waals surface area contributed by atoms with Crippen molar-refractivity contribution in [1.29, 1.82) is 0 Å². The van der Waals surface area contributed by atoms with Gasteiger partial charge in [0.2, 0.25) is 0 Å². The second kappa shape index (κ2) is 49.8. The third kappa shape index (κ3) is 24.0. The van der Waals surface area contributed by atoms with E-state index in [0.29, 0.717) is 0 Å². The maximum Gasteiger partial charge on any atom is -0.00176 e. The number of rotatable bonds is 38. The van der Waals surface area contributed by atoms with Gasteiger partial charge in [0, 0.05) is 0 Å². The molecule has 21 aromatic carbocycles. The van der Waals surface area contributed by atoms with E-state index in [2.05, 4.69) is 409 Å². The Kier molecular flexibility index (Phi) is 36.4. The maximum absolute atomic E-state index is 2.50. The number of fused-ring (bicyclic) bond motifs is 2. The van der Waals surface area contributed by atoms with Crippen LogP contribution in [-0.4, -0.2) is 0 Å². The van der Waals surface area contributed by atoms with Gasteiger partial charge < -0.3 is 0 Å². The van der Waals surface area contributed by atoms with Gasteiger partial charge >= 0.3 is 0 Å². The topological polar surface area (TPSA) is 0 Å². The molecule has 0 spiro atoms. The monoisotopic (exact) mass is 1980 g/mol. The highest BCUT2D eigenvalue weighted by Crippen LogP contribution is 2.49. The maximum atomic E-state index is 2.50. The van der Waals surface area contributed by atoms with Crippen LogP contribution in [0.3, 0.4) is 0 Å². The molecule has 0 heterocycles. The van der Waals surface area contributed by atoms with Crippen molar-refractivity contribution >= 4 is 151 Å². The van der Waals surface area contributed by atoms with Gasteiger partial charge in [-0.1, -0.05) is 454 Å². The third-order valence-electron chi connectivity index (χ3n) is 35.5. The van der Waals surface area contributed by atoms with Crippen molar-refractivity contribution in [2.75, 3.05) is 0 Å². The fourth-order valence-electron chi connectivity index (χ4n) is 26.2. The standard InChI is InChI=1S/C42H46.C38H54.C32H46.C20H18.C18H14/c1-5-7-9-11-13-31-15-19-33(20-16-31)39-27-29(3)35-24-26-38-40(28-30(4)36-23-25-37(39)41(35)42(36)38)34-21-17-32(18-22-34)14-12-10-8-6-2;1-25(2)11-9-13-27(5)15-17-31-23-29(7)33-20-22-36-32(18-16-28(6)14-10-12-26(3)4)24-30(8)34-19-21-35(31)37(33)38(34)36;1-7-11-13-25(9-3)19-27-15-17-29-24(6)32-22-28(20-26(10-4)14-12-8-2)16-18-30(32)23(5)31(29)21-27;1-11-9-12(2)16-7-8-18-14(4)10-13(3)17-6-5-15(11)19(16)20(17)18;1-11-3-5-13-8-10-16-12(2)4-6-14-7-9-15(11)17(13)18(14)16/h15-28H,5-14H2,1-4H3;19-28H,9-18H2,1-8H3;15-18,21-22,25-26H,7-14,19-20H2,1-6H3;5-10H,1-4H3;3-10H,1-2H3. The smallest absolute Gasteiger partial charge is 0.00176 e. The van der Waals surface area contributed by atoms with Gasteiger partial charge in [-0.2, -0.15) is 0 Å². The number of hydrogen-bond donors (Lipinski definition) is 0. The predicted octanol–water partition coefficient (Wildman–Crippen LogP) is 45.9. The van der Waals surface area contributed by atoms with E-state index in [1.807, 2.05) is 0 Å². The van der Waals surface area contributed by atoms with Crippen LogP contribution in [0.4, 0.5) is 0 Å². The van der Waals surface area contributed by atoms with Crippen LogP contribution < -0.4 is 0 Å². The van der Waals surface area contributed by atoms with Crippen LogP contribution in [0.5, 0.6) is 0 Å². The molecule has 0 amide bonds. The molecule has 0 aliphatic heterocycles. The quantitative estimate of drug-likeness (QED) is 0.0206. The molecule has 0 nitrogen and oxygen atoms in total. The van der Waals surface area contributed by atoms with Crippen LogP contribution in [0.25, 0.3) is 173 Å². The molecule has 21 aromatic rings. The summed E-state index contributed by atoms with van der Waals surface area (Å²) in [6, 6.07) is 94.1. The Morgan fingerprint density at radius 2 is 0.467 bits per heavy atom. The van der Waals surface area contributed by atoms with Crippen molar-refractivity contribution < 1.29 is 0 Å². The molecular formula is C150H178. The van der Waals surface area contributed by atoms with Crippen LogP contribution in [-0.2, 0) is 38.5 Å². The molecule has 0 bridgehead atoms. The number of aryl methyl sites for hydroxylation is 16. The van der Waals surface area contributed by atoms with Gasteiger partial charge in [0.25, 0.3) is 0 Å². The van der Waals surface area contributed by atoms with E-state index in [1.165, 1.54) is 455 Å². The summed E-state index contributed by atoms with van der Waals surface area (Å²) in [5.74, 6) is 4.87. The van der Waals surface area contributed by atoms with Crippen LogP contribution in [0.2, 0.25) is 0 Å². The molecule has 0 fully saturated rings. The van der Waals surface area contributed by atoms with Gasteiger partial charge in [-0.15, -0.1) is 0 Å². The molecule has 0 saturated heterocycles. The van der Waals surface area contributed by atoms with Crippen LogP contribution in [0.1, 0.15) is 337 Å². The SMILES string of the molecule is CCCCC(CC)Cc1ccc2c(C)c3cc(CC(CC)CCCC)ccc3c(C)c2c1.CCCCCCc1ccc(-c2cc(C)c3ccc4c(-c5ccc(CCCCCC)cc5)cc(C)c5ccc2c3c54)cc1.Cc1cc(C)c2ccc3c(C)cc(C)c4ccc1c2c43.Cc1cc(CCC(C)CCCC(C)C)c2ccc3c(C)cc(CCC(C)CCCC(C)C)c4ccc1c2c34.Cc1ccc2ccc3c(C)ccc4ccc1c2c43. The second-order valence-corrected chi connectivity index (χ2v) is 47.8. The summed E-state index contributed by atoms with van der Waals surface area (Å²) in [7, 11) is 0. The summed E-state index contributed by atoms with van der Waals surface area (Å²) < 4.78 is 0. The zero-order valence-electron chi connectivity index (χ0n) is 96.8. The molecule has 4 atom stereocenters. The van der Waals surface area contributed by atoms with E-state index in [-0.39, 0.29) is 0 Å². The van der Waals surface area contributed by atoms with E-state index in [0.717, 1.165) is 35.5 Å². The molecule has 4 unspecified atom stereocenters. The normalized spacial score (nSPS) is 12.8. The minimum absolute atomic E-state index is 0.795. The van der Waals surface area contributed by atoms with Gasteiger partial charge in [0.05, 0.1) is 0 Å². The molecular weight excluding hydrogens is 1800 g/mol. The third-order valence-corrected chi connectivity index (χ3v) is 35.5. The Morgan fingerprint density at radius 3 is 0.800 bits per heavy atom. The molecule has 0 saturated carbocycles. The van der Waals surface area contributed by atoms with Crippen molar-refractivity contribution in [3.63, 3.8) is 0 Å². The highest BCUT2D eigenvalue weighted by Gasteiger charge is 2.25. The van der Waals surface area contributed by atoms with Crippen LogP contribution in [0.15, 0.2) is 243 Å². The van der Waals surface area contributed by atoms with Crippen LogP contribution >= 0.6 is 0 Å². The van der Waals surface area contributed by atoms with Gasteiger partial charge in [-0.05, 0) is 456 Å². The molecule has 0 aliphatic carbocycles. The average Bonchev–Trinajstić information content (AvgIpc) is 0.715. The number of benzene rings is 21. The van der Waals surface area contributed by atoms with E-state index in [4.69, 9.17) is 0 Å². The minimum Gasteiger partial charge on any atom is -0.0654 e. The lowest BCUT2D eigenvalue weighted by atomic mass is 9.84. The summed E-state index contributed by atoms with van der Waals surface area (Å²) in [5.41, 5.74) is 31.1. The average molecular weight is 1980 g/mol. The molecule has 150 heavy (non-hydrogen) atoms. The molecule has 21 rings (SSSR count). The fraction of sp³-hybridized carbons (Fsp3) is 0.400. The lowest BCUT2D eigenvalue weighted by molar-refractivity contribution is 0.437. The van der Waals surface area contributed by atoms with Gasteiger partial charge in [0.1, 0.15) is 0 Å². The largest absolute Gasteiger partial charge is 0.0654 e. The molecule has 0 N–H and O–H groups in total. The molecule has 0 aromatic heterocycles. The highest BCUT2D eigenvalue weighted by molar-refractivity contribution is 6.31. The molecule has 778 valence electrons. The summed E-state index contributed by atoms with van der Waals surface area (Å²) in [6.07, 6.45) is 39.1. The Morgan fingerprint density at radius 1 is 0.187 bits per heavy atom. The van der Waals surface area contributed by atoms with E-state index in [9.17, 15) is 0 Å². The summed E-state index contributed by atoms with van der Waals surface area (Å²) in [6.45, 7) is 55.3. The minimum atomic E-state index is 0.795. The first-order chi connectivity index (χ1) is 72.6. The van der Waals surface area contributed by atoms with E-state index < -0.39 is 0 Å². The zero-order chi connectivity index (χ0) is 106. The fourth-order valence-corrected chi connectivity index (χ4v) is 26.2. The molecule has 0 heteroatoms. The van der Waals surface area contributed by atoms with Crippen molar-refractivity contribution in [3.05, 3.63) is 343 Å². The van der Waals surface area contributed by atoms with E-state index in [1.54, 1.807) is 11.1 Å². The summed E-state index contributed by atoms with van der Waals surface area (Å²) >= 11 is 0. The van der Waals surface area contributed by atoms with Crippen molar-refractivity contribution in [1.82, 2.24) is 0 Å². The van der Waals surface area contributed by atoms with Crippen molar-refractivity contribution in [3.8, 4) is 22.3 Å². The number of unbranched alkanes of at least 4 members (excludes halogenated alkanes) is 8. The van der Waals surface area contributed by atoms with Crippen molar-refractivity contribution in [2.45, 2.75) is 359 Å². The lowest BCUT2D eigenvalue weighted by Crippen LogP contribution is -2.04. The zero-order valence-corrected chi connectivity index (χ0v) is 96.8. The Labute approximate surface area is 903 Å². The Bertz CT molecular complexity index is 7620. The summed E-state index contributed by atoms with van der Waals surface area (Å²) in [5, 5.41) is 39.8. The summed E-state index contributed by atoms with van der Waals surface area (Å²) in [4.78, 5) is 0. The van der Waals surface area contributed by atoms with Crippen molar-refractivity contribution in [2.24, 2.45) is 35.5 Å². The highest BCUT2D eigenvalue weighted by atomic mass is 14.3. The van der Waals surface area contributed by atoms with Gasteiger partial charge in [-0.25, -0.2) is 0 Å². The molecule has 0 radical (unpaired) electrons. The van der Waals surface area contributed by atoms with Gasteiger partial charge in [0.15, 0.2) is 0 Å². The van der Waals surface area contributed by atoms with Gasteiger partial charge in [-0.3, -0.25) is 0 Å². The Hall–Kier alpha value is -11.7.